The number of thiophene rings is 1. The lowest BCUT2D eigenvalue weighted by Crippen LogP contribution is -2.31. The highest BCUT2D eigenvalue weighted by atomic mass is 32.2. The summed E-state index contributed by atoms with van der Waals surface area (Å²) in [6.45, 7) is 1.26. The molecule has 0 amide bonds. The molecule has 0 unspecified atom stereocenters. The Labute approximate surface area is 123 Å². The molecule has 110 valence electrons. The smallest absolute Gasteiger partial charge is 0.242 e. The molecule has 20 heavy (non-hydrogen) atoms. The van der Waals surface area contributed by atoms with Gasteiger partial charge < -0.3 is 10.6 Å². The highest BCUT2D eigenvalue weighted by Gasteiger charge is 2.23. The van der Waals surface area contributed by atoms with Crippen LogP contribution in [0.4, 0.5) is 0 Å². The number of hydrogen-bond donors (Lipinski definition) is 2. The number of nitrogens with one attached hydrogen (secondary N) is 1. The van der Waals surface area contributed by atoms with Crippen LogP contribution in [-0.4, -0.2) is 40.5 Å². The van der Waals surface area contributed by atoms with Crippen molar-refractivity contribution in [1.82, 2.24) is 9.62 Å². The molecule has 1 heterocycles. The van der Waals surface area contributed by atoms with Crippen molar-refractivity contribution in [1.29, 1.82) is 0 Å². The summed E-state index contributed by atoms with van der Waals surface area (Å²) in [5, 5.41) is 0.746. The first-order valence-electron chi connectivity index (χ1n) is 6.30. The average Bonchev–Trinajstić information content (AvgIpc) is 2.77. The minimum Gasteiger partial charge on any atom is -0.326 e. The van der Waals surface area contributed by atoms with Gasteiger partial charge in [-0.05, 0) is 20.2 Å². The van der Waals surface area contributed by atoms with Crippen molar-refractivity contribution in [2.45, 2.75) is 11.4 Å². The van der Waals surface area contributed by atoms with Crippen molar-refractivity contribution in [3.63, 3.8) is 0 Å². The molecule has 0 atom stereocenters. The van der Waals surface area contributed by atoms with E-state index in [1.807, 2.05) is 43.3 Å². The van der Waals surface area contributed by atoms with Gasteiger partial charge in [-0.3, -0.25) is 0 Å². The Morgan fingerprint density at radius 1 is 1.30 bits per heavy atom. The summed E-state index contributed by atoms with van der Waals surface area (Å²) in [6, 6.07) is 7.48. The molecule has 0 radical (unpaired) electrons. The normalized spacial score (nSPS) is 12.4. The van der Waals surface area contributed by atoms with Gasteiger partial charge in [0.25, 0.3) is 0 Å². The minimum absolute atomic E-state index is 0.225. The molecular formula is C13H19N3O2S2. The second-order valence-corrected chi connectivity index (χ2v) is 7.60. The third kappa shape index (κ3) is 3.18. The van der Waals surface area contributed by atoms with Gasteiger partial charge in [-0.25, -0.2) is 13.1 Å². The van der Waals surface area contributed by atoms with E-state index in [1.54, 1.807) is 0 Å². The number of nitrogens with two attached hydrogens (primary N) is 1. The summed E-state index contributed by atoms with van der Waals surface area (Å²) in [6.07, 6.45) is 0. The molecule has 0 aliphatic heterocycles. The van der Waals surface area contributed by atoms with Gasteiger partial charge in [0, 0.05) is 34.6 Å². The maximum absolute atomic E-state index is 12.5. The Balaban J connectivity index is 2.40. The summed E-state index contributed by atoms with van der Waals surface area (Å²) >= 11 is 1.44. The van der Waals surface area contributed by atoms with E-state index in [0.29, 0.717) is 22.9 Å². The zero-order chi connectivity index (χ0) is 14.8. The van der Waals surface area contributed by atoms with Crippen LogP contribution in [0.1, 0.15) is 4.88 Å². The van der Waals surface area contributed by atoms with E-state index in [9.17, 15) is 8.42 Å². The summed E-state index contributed by atoms with van der Waals surface area (Å²) in [5.41, 5.74) is 5.70. The van der Waals surface area contributed by atoms with Gasteiger partial charge in [-0.15, -0.1) is 11.3 Å². The van der Waals surface area contributed by atoms with E-state index in [4.69, 9.17) is 5.73 Å². The highest BCUT2D eigenvalue weighted by Crippen LogP contribution is 2.34. The molecule has 3 N–H and O–H groups in total. The Morgan fingerprint density at radius 2 is 2.00 bits per heavy atom. The van der Waals surface area contributed by atoms with Crippen LogP contribution >= 0.6 is 11.3 Å². The largest absolute Gasteiger partial charge is 0.326 e. The fourth-order valence-corrected chi connectivity index (χ4v) is 4.83. The second-order valence-electron chi connectivity index (χ2n) is 4.76. The van der Waals surface area contributed by atoms with Gasteiger partial charge in [0.1, 0.15) is 4.90 Å². The number of nitrogens with zero attached hydrogens (tertiary/aromatic N) is 1. The Morgan fingerprint density at radius 3 is 2.65 bits per heavy atom. The van der Waals surface area contributed by atoms with Gasteiger partial charge in [0.2, 0.25) is 10.0 Å². The van der Waals surface area contributed by atoms with Crippen molar-refractivity contribution in [2.75, 3.05) is 27.2 Å². The van der Waals surface area contributed by atoms with E-state index < -0.39 is 10.0 Å². The summed E-state index contributed by atoms with van der Waals surface area (Å²) < 4.78 is 28.6. The van der Waals surface area contributed by atoms with Gasteiger partial charge in [-0.2, -0.15) is 0 Å². The number of benzene rings is 1. The topological polar surface area (TPSA) is 75.4 Å². The fraction of sp³-hybridized carbons (Fsp3) is 0.385. The van der Waals surface area contributed by atoms with Gasteiger partial charge >= 0.3 is 0 Å². The molecule has 7 heteroatoms. The van der Waals surface area contributed by atoms with E-state index >= 15 is 0 Å². The first-order valence-corrected chi connectivity index (χ1v) is 8.60. The zero-order valence-corrected chi connectivity index (χ0v) is 13.2. The minimum atomic E-state index is -3.53. The standard InChI is InChI=1S/C13H19N3O2S2/c1-16(2)8-7-15-20(17,18)13-10-5-3-4-6-11(10)19-12(13)9-14/h3-6,15H,7-9,14H2,1-2H3. The van der Waals surface area contributed by atoms with Crippen LogP contribution in [0.15, 0.2) is 29.2 Å². The van der Waals surface area contributed by atoms with Crippen molar-refractivity contribution in [3.8, 4) is 0 Å². The lowest BCUT2D eigenvalue weighted by Gasteiger charge is -2.11. The van der Waals surface area contributed by atoms with E-state index in [-0.39, 0.29) is 6.54 Å². The maximum atomic E-state index is 12.5. The maximum Gasteiger partial charge on any atom is 0.242 e. The van der Waals surface area contributed by atoms with Crippen LogP contribution in [0.3, 0.4) is 0 Å². The molecule has 0 saturated carbocycles. The van der Waals surface area contributed by atoms with Crippen LogP contribution in [0.25, 0.3) is 10.1 Å². The lowest BCUT2D eigenvalue weighted by atomic mass is 10.2. The Hall–Kier alpha value is -0.990. The van der Waals surface area contributed by atoms with E-state index in [0.717, 1.165) is 10.1 Å². The third-order valence-electron chi connectivity index (χ3n) is 2.92. The van der Waals surface area contributed by atoms with Crippen LogP contribution in [0, 0.1) is 0 Å². The number of sulfonamides is 1. The van der Waals surface area contributed by atoms with Crippen molar-refractivity contribution in [3.05, 3.63) is 29.1 Å². The number of rotatable bonds is 6. The molecule has 0 spiro atoms. The fourth-order valence-electron chi connectivity index (χ4n) is 1.98. The summed E-state index contributed by atoms with van der Waals surface area (Å²) in [5.74, 6) is 0. The van der Waals surface area contributed by atoms with Crippen LogP contribution in [0.5, 0.6) is 0 Å². The molecule has 0 aliphatic rings. The van der Waals surface area contributed by atoms with E-state index in [1.165, 1.54) is 11.3 Å². The van der Waals surface area contributed by atoms with Gasteiger partial charge in [-0.1, -0.05) is 18.2 Å². The lowest BCUT2D eigenvalue weighted by molar-refractivity contribution is 0.412. The average molecular weight is 313 g/mol. The first-order chi connectivity index (χ1) is 9.45. The molecule has 2 aromatic rings. The molecule has 0 saturated heterocycles. The SMILES string of the molecule is CN(C)CCNS(=O)(=O)c1c(CN)sc2ccccc12. The third-order valence-corrected chi connectivity index (χ3v) is 5.83. The Bertz CT molecular complexity index is 693. The van der Waals surface area contributed by atoms with Crippen molar-refractivity contribution in [2.24, 2.45) is 5.73 Å². The number of likely N-dealkylation sites (N-methyl/N-ethyl adjacent to an activating group) is 1. The highest BCUT2D eigenvalue weighted by molar-refractivity contribution is 7.90. The first kappa shape index (κ1) is 15.4. The number of hydrogen-bond acceptors (Lipinski definition) is 5. The molecular weight excluding hydrogens is 294 g/mol. The molecule has 0 bridgehead atoms. The van der Waals surface area contributed by atoms with Crippen LogP contribution in [0.2, 0.25) is 0 Å². The quantitative estimate of drug-likeness (QED) is 0.840. The van der Waals surface area contributed by atoms with E-state index in [2.05, 4.69) is 4.72 Å². The Kier molecular flexibility index (Phi) is 4.77. The van der Waals surface area contributed by atoms with Gasteiger partial charge in [0.15, 0.2) is 0 Å². The van der Waals surface area contributed by atoms with Crippen molar-refractivity contribution < 1.29 is 8.42 Å². The predicted octanol–water partition coefficient (Wildman–Crippen LogP) is 1.20. The second kappa shape index (κ2) is 6.19. The molecule has 2 rings (SSSR count). The molecule has 0 aliphatic carbocycles. The van der Waals surface area contributed by atoms with Crippen LogP contribution < -0.4 is 10.5 Å². The molecule has 5 nitrogen and oxygen atoms in total. The summed E-state index contributed by atoms with van der Waals surface area (Å²) in [7, 11) is 0.277. The predicted molar refractivity (Wildman–Crippen MR) is 83.5 cm³/mol. The van der Waals surface area contributed by atoms with Gasteiger partial charge in [0.05, 0.1) is 0 Å². The van der Waals surface area contributed by atoms with Crippen molar-refractivity contribution >= 4 is 31.4 Å². The monoisotopic (exact) mass is 313 g/mol. The molecule has 1 aromatic heterocycles. The molecule has 1 aromatic carbocycles. The zero-order valence-electron chi connectivity index (χ0n) is 11.6. The van der Waals surface area contributed by atoms with Crippen LogP contribution in [-0.2, 0) is 16.6 Å². The number of fused-ring (bicyclic) bond motifs is 1. The summed E-state index contributed by atoms with van der Waals surface area (Å²) in [4.78, 5) is 2.96. The molecule has 0 fully saturated rings.